The molecule has 2 heterocycles. The van der Waals surface area contributed by atoms with Crippen LogP contribution in [-0.2, 0) is 0 Å². The van der Waals surface area contributed by atoms with Crippen LogP contribution in [-0.4, -0.2) is 27.6 Å². The number of oxazole rings is 1. The molecular formula is C23H20N6O2. The van der Waals surface area contributed by atoms with Crippen molar-refractivity contribution < 1.29 is 9.15 Å². The van der Waals surface area contributed by atoms with Gasteiger partial charge in [-0.05, 0) is 43.3 Å². The van der Waals surface area contributed by atoms with Gasteiger partial charge in [0.2, 0.25) is 5.69 Å². The van der Waals surface area contributed by atoms with E-state index in [0.717, 1.165) is 28.3 Å². The van der Waals surface area contributed by atoms with Crippen molar-refractivity contribution in [3.05, 3.63) is 77.9 Å². The van der Waals surface area contributed by atoms with Gasteiger partial charge in [-0.3, -0.25) is 0 Å². The number of nitriles is 1. The molecule has 31 heavy (non-hydrogen) atoms. The predicted octanol–water partition coefficient (Wildman–Crippen LogP) is 4.55. The number of hydrogen-bond acceptors (Lipinski definition) is 7. The minimum atomic E-state index is 0.154. The number of para-hydroxylation sites is 1. The van der Waals surface area contributed by atoms with Crippen LogP contribution in [0.15, 0.2) is 70.3 Å². The fraction of sp³-hybridized carbons (Fsp3) is 0.130. The first-order chi connectivity index (χ1) is 15.2. The van der Waals surface area contributed by atoms with Gasteiger partial charge < -0.3 is 9.15 Å². The molecule has 2 aromatic carbocycles. The summed E-state index contributed by atoms with van der Waals surface area (Å²) in [5.41, 5.74) is 6.30. The molecule has 0 aliphatic heterocycles. The van der Waals surface area contributed by atoms with Crippen LogP contribution in [0.5, 0.6) is 5.75 Å². The number of benzene rings is 2. The molecule has 8 nitrogen and oxygen atoms in total. The van der Waals surface area contributed by atoms with E-state index in [2.05, 4.69) is 15.5 Å². The molecule has 2 aromatic heterocycles. The highest BCUT2D eigenvalue weighted by atomic mass is 16.5. The van der Waals surface area contributed by atoms with E-state index in [9.17, 15) is 0 Å². The topological polar surface area (TPSA) is 101 Å². The van der Waals surface area contributed by atoms with Crippen LogP contribution in [0.1, 0.15) is 24.1 Å². The second-order valence-electron chi connectivity index (χ2n) is 6.56. The predicted molar refractivity (Wildman–Crippen MR) is 117 cm³/mol. The van der Waals surface area contributed by atoms with E-state index in [-0.39, 0.29) is 11.6 Å². The molecule has 0 radical (unpaired) electrons. The quantitative estimate of drug-likeness (QED) is 0.353. The molecule has 0 fully saturated rings. The van der Waals surface area contributed by atoms with Crippen molar-refractivity contribution in [2.24, 2.45) is 5.10 Å². The number of aryl methyl sites for hydroxylation is 1. The number of hydrogen-bond donors (Lipinski definition) is 1. The summed E-state index contributed by atoms with van der Waals surface area (Å²) in [5.74, 6) is 1.39. The van der Waals surface area contributed by atoms with Crippen LogP contribution in [0.3, 0.4) is 0 Å². The van der Waals surface area contributed by atoms with Gasteiger partial charge in [0.25, 0.3) is 5.88 Å². The minimum absolute atomic E-state index is 0.154. The Bertz CT molecular complexity index is 1230. The molecule has 0 aliphatic carbocycles. The van der Waals surface area contributed by atoms with Crippen LogP contribution in [0.2, 0.25) is 0 Å². The first kappa shape index (κ1) is 19.9. The van der Waals surface area contributed by atoms with E-state index in [1.807, 2.05) is 73.8 Å². The summed E-state index contributed by atoms with van der Waals surface area (Å²) in [4.78, 5) is 3.99. The van der Waals surface area contributed by atoms with Gasteiger partial charge in [0.1, 0.15) is 17.5 Å². The molecule has 0 atom stereocenters. The lowest BCUT2D eigenvalue weighted by Gasteiger charge is -2.04. The number of ether oxygens (including phenoxy) is 1. The Kier molecular flexibility index (Phi) is 5.76. The summed E-state index contributed by atoms with van der Waals surface area (Å²) in [6.07, 6.45) is 3.53. The zero-order valence-corrected chi connectivity index (χ0v) is 17.1. The van der Waals surface area contributed by atoms with Crippen molar-refractivity contribution in [1.82, 2.24) is 14.8 Å². The van der Waals surface area contributed by atoms with Crippen molar-refractivity contribution in [2.45, 2.75) is 13.8 Å². The lowest BCUT2D eigenvalue weighted by Crippen LogP contribution is -1.94. The molecular weight excluding hydrogens is 392 g/mol. The second-order valence-corrected chi connectivity index (χ2v) is 6.56. The van der Waals surface area contributed by atoms with Crippen LogP contribution in [0.4, 0.5) is 5.88 Å². The van der Waals surface area contributed by atoms with Crippen LogP contribution in [0, 0.1) is 18.3 Å². The summed E-state index contributed by atoms with van der Waals surface area (Å²) in [7, 11) is 0. The average Bonchev–Trinajstić information content (AvgIpc) is 3.38. The minimum Gasteiger partial charge on any atom is -0.494 e. The van der Waals surface area contributed by atoms with Gasteiger partial charge in [0.05, 0.1) is 18.5 Å². The highest BCUT2D eigenvalue weighted by molar-refractivity contribution is 5.89. The molecule has 0 bridgehead atoms. The van der Waals surface area contributed by atoms with Gasteiger partial charge in [0, 0.05) is 24.2 Å². The van der Waals surface area contributed by atoms with Crippen LogP contribution in [0.25, 0.3) is 16.9 Å². The number of hydrazone groups is 1. The largest absolute Gasteiger partial charge is 0.494 e. The number of aromatic nitrogens is 3. The van der Waals surface area contributed by atoms with E-state index in [1.165, 1.54) is 0 Å². The molecule has 0 spiro atoms. The smallest absolute Gasteiger partial charge is 0.252 e. The van der Waals surface area contributed by atoms with E-state index >= 15 is 0 Å². The summed E-state index contributed by atoms with van der Waals surface area (Å²) in [5, 5.41) is 18.1. The Morgan fingerprint density at radius 3 is 2.68 bits per heavy atom. The van der Waals surface area contributed by atoms with E-state index < -0.39 is 0 Å². The Morgan fingerprint density at radius 2 is 1.97 bits per heavy atom. The van der Waals surface area contributed by atoms with Gasteiger partial charge in [0.15, 0.2) is 5.89 Å². The average molecular weight is 412 g/mol. The molecule has 0 saturated carbocycles. The summed E-state index contributed by atoms with van der Waals surface area (Å²) < 4.78 is 12.7. The first-order valence-electron chi connectivity index (χ1n) is 9.73. The van der Waals surface area contributed by atoms with Gasteiger partial charge in [-0.2, -0.15) is 15.5 Å². The lowest BCUT2D eigenvalue weighted by molar-refractivity contribution is 0.340. The third kappa shape index (κ3) is 4.46. The highest BCUT2D eigenvalue weighted by Gasteiger charge is 2.13. The number of nitrogens with one attached hydrogen (secondary N) is 1. The van der Waals surface area contributed by atoms with Crippen molar-refractivity contribution in [2.75, 3.05) is 12.0 Å². The molecule has 0 amide bonds. The monoisotopic (exact) mass is 412 g/mol. The maximum atomic E-state index is 9.14. The molecule has 4 aromatic rings. The highest BCUT2D eigenvalue weighted by Crippen LogP contribution is 2.25. The number of rotatable bonds is 7. The fourth-order valence-corrected chi connectivity index (χ4v) is 3.03. The Morgan fingerprint density at radius 1 is 1.19 bits per heavy atom. The van der Waals surface area contributed by atoms with Gasteiger partial charge >= 0.3 is 0 Å². The summed E-state index contributed by atoms with van der Waals surface area (Å²) in [6, 6.07) is 19.5. The molecule has 4 rings (SSSR count). The van der Waals surface area contributed by atoms with E-state index in [0.29, 0.717) is 12.5 Å². The standard InChI is InChI=1S/C23H20N6O2/c1-3-30-20-11-9-17(10-12-20)22-18(15-29(28-22)19-7-5-4-6-8-19)14-25-27-23-21(13-24)26-16(2)31-23/h4-12,14-15,27H,3H2,1-2H3/b25-14+. The number of anilines is 1. The van der Waals surface area contributed by atoms with E-state index in [1.54, 1.807) is 17.8 Å². The maximum Gasteiger partial charge on any atom is 0.252 e. The third-order valence-corrected chi connectivity index (χ3v) is 4.41. The fourth-order valence-electron chi connectivity index (χ4n) is 3.03. The first-order valence-corrected chi connectivity index (χ1v) is 9.73. The van der Waals surface area contributed by atoms with Gasteiger partial charge in [-0.1, -0.05) is 18.2 Å². The maximum absolute atomic E-state index is 9.14. The van der Waals surface area contributed by atoms with Crippen molar-refractivity contribution in [3.63, 3.8) is 0 Å². The third-order valence-electron chi connectivity index (χ3n) is 4.41. The second kappa shape index (κ2) is 8.97. The van der Waals surface area contributed by atoms with Crippen LogP contribution < -0.4 is 10.2 Å². The Balaban J connectivity index is 1.68. The van der Waals surface area contributed by atoms with Gasteiger partial charge in [-0.15, -0.1) is 0 Å². The SMILES string of the molecule is CCOc1ccc(-c2nn(-c3ccccc3)cc2/C=N/Nc2oc(C)nc2C#N)cc1. The molecule has 0 saturated heterocycles. The molecule has 8 heteroatoms. The lowest BCUT2D eigenvalue weighted by atomic mass is 10.1. The zero-order valence-electron chi connectivity index (χ0n) is 17.1. The number of nitrogens with zero attached hydrogens (tertiary/aromatic N) is 5. The van der Waals surface area contributed by atoms with E-state index in [4.69, 9.17) is 19.5 Å². The molecule has 0 unspecified atom stereocenters. The summed E-state index contributed by atoms with van der Waals surface area (Å²) >= 11 is 0. The normalized spacial score (nSPS) is 10.9. The molecule has 154 valence electrons. The van der Waals surface area contributed by atoms with Crippen LogP contribution >= 0.6 is 0 Å². The molecule has 0 aliphatic rings. The van der Waals surface area contributed by atoms with Gasteiger partial charge in [-0.25, -0.2) is 15.1 Å². The Labute approximate surface area is 179 Å². The van der Waals surface area contributed by atoms with Crippen molar-refractivity contribution >= 4 is 12.1 Å². The Hall–Kier alpha value is -4.38. The molecule has 1 N–H and O–H groups in total. The van der Waals surface area contributed by atoms with Crippen molar-refractivity contribution in [3.8, 4) is 28.8 Å². The summed E-state index contributed by atoms with van der Waals surface area (Å²) in [6.45, 7) is 4.23. The zero-order chi connectivity index (χ0) is 21.6. The van der Waals surface area contributed by atoms with Crippen molar-refractivity contribution in [1.29, 1.82) is 5.26 Å².